The van der Waals surface area contributed by atoms with Gasteiger partial charge in [-0.2, -0.15) is 0 Å². The highest BCUT2D eigenvalue weighted by atomic mass is 33.1. The van der Waals surface area contributed by atoms with Crippen LogP contribution in [0.5, 0.6) is 0 Å². The minimum Gasteiger partial charge on any atom is -0.467 e. The number of carbonyl (C=O) groups is 4. The molecule has 0 aromatic carbocycles. The van der Waals surface area contributed by atoms with Crippen molar-refractivity contribution in [2.24, 2.45) is 5.73 Å². The van der Waals surface area contributed by atoms with E-state index in [0.29, 0.717) is 0 Å². The van der Waals surface area contributed by atoms with Gasteiger partial charge in [-0.15, -0.1) is 0 Å². The SMILES string of the molecule is COC(=O)[C@H](CSSC[C@H](NC(C)=O)C(N)=O)NC(C)=O. The second-order valence-corrected chi connectivity index (χ2v) is 6.55. The minimum absolute atomic E-state index is 0.257. The first-order chi connectivity index (χ1) is 9.77. The maximum absolute atomic E-state index is 11.4. The molecule has 0 radical (unpaired) electrons. The summed E-state index contributed by atoms with van der Waals surface area (Å²) in [6.07, 6.45) is 0. The maximum Gasteiger partial charge on any atom is 0.329 e. The van der Waals surface area contributed by atoms with Gasteiger partial charge >= 0.3 is 5.97 Å². The fourth-order valence-corrected chi connectivity index (χ4v) is 3.55. The lowest BCUT2D eigenvalue weighted by Gasteiger charge is -2.16. The maximum atomic E-state index is 11.4. The molecule has 0 aliphatic heterocycles. The molecule has 0 aliphatic rings. The summed E-state index contributed by atoms with van der Waals surface area (Å²) in [5, 5.41) is 4.89. The van der Waals surface area contributed by atoms with Crippen molar-refractivity contribution >= 4 is 45.3 Å². The highest BCUT2D eigenvalue weighted by Crippen LogP contribution is 2.23. The largest absolute Gasteiger partial charge is 0.467 e. The number of primary amides is 1. The summed E-state index contributed by atoms with van der Waals surface area (Å²) in [7, 11) is 3.75. The molecule has 120 valence electrons. The summed E-state index contributed by atoms with van der Waals surface area (Å²) in [4.78, 5) is 44.4. The summed E-state index contributed by atoms with van der Waals surface area (Å²) in [5.74, 6) is -1.36. The number of esters is 1. The molecule has 8 nitrogen and oxygen atoms in total. The molecule has 0 bridgehead atoms. The summed E-state index contributed by atoms with van der Waals surface area (Å²) in [6, 6.07) is -1.55. The highest BCUT2D eigenvalue weighted by Gasteiger charge is 2.21. The Morgan fingerprint density at radius 2 is 1.43 bits per heavy atom. The summed E-state index contributed by atoms with van der Waals surface area (Å²) >= 11 is 0. The van der Waals surface area contributed by atoms with Gasteiger partial charge in [0, 0.05) is 25.4 Å². The van der Waals surface area contributed by atoms with Crippen LogP contribution < -0.4 is 16.4 Å². The Balaban J connectivity index is 4.24. The molecule has 0 aliphatic carbocycles. The van der Waals surface area contributed by atoms with Crippen LogP contribution >= 0.6 is 21.6 Å². The van der Waals surface area contributed by atoms with E-state index in [0.717, 1.165) is 0 Å². The topological polar surface area (TPSA) is 128 Å². The lowest BCUT2D eigenvalue weighted by atomic mass is 10.3. The van der Waals surface area contributed by atoms with Crippen molar-refractivity contribution < 1.29 is 23.9 Å². The van der Waals surface area contributed by atoms with Crippen LogP contribution in [0.25, 0.3) is 0 Å². The van der Waals surface area contributed by atoms with E-state index >= 15 is 0 Å². The predicted molar refractivity (Wildman–Crippen MR) is 81.3 cm³/mol. The molecule has 21 heavy (non-hydrogen) atoms. The third-order valence-corrected chi connectivity index (χ3v) is 4.56. The van der Waals surface area contributed by atoms with E-state index in [2.05, 4.69) is 15.4 Å². The zero-order valence-electron chi connectivity index (χ0n) is 12.0. The Labute approximate surface area is 130 Å². The number of amides is 3. The van der Waals surface area contributed by atoms with Gasteiger partial charge in [-0.25, -0.2) is 4.79 Å². The molecular formula is C11H19N3O5S2. The molecule has 0 saturated heterocycles. The monoisotopic (exact) mass is 337 g/mol. The van der Waals surface area contributed by atoms with E-state index in [1.165, 1.54) is 42.5 Å². The zero-order chi connectivity index (χ0) is 16.4. The van der Waals surface area contributed by atoms with Crippen LogP contribution in [0.1, 0.15) is 13.8 Å². The Bertz CT molecular complexity index is 405. The van der Waals surface area contributed by atoms with Crippen molar-refractivity contribution in [1.29, 1.82) is 0 Å². The van der Waals surface area contributed by atoms with Crippen LogP contribution in [0.4, 0.5) is 0 Å². The Hall–Kier alpha value is -1.42. The zero-order valence-corrected chi connectivity index (χ0v) is 13.6. The van der Waals surface area contributed by atoms with E-state index < -0.39 is 24.0 Å². The van der Waals surface area contributed by atoms with Gasteiger partial charge in [-0.3, -0.25) is 14.4 Å². The molecule has 10 heteroatoms. The van der Waals surface area contributed by atoms with Gasteiger partial charge in [0.2, 0.25) is 17.7 Å². The summed E-state index contributed by atoms with van der Waals surface area (Å²) in [5.41, 5.74) is 5.16. The third-order valence-electron chi connectivity index (χ3n) is 2.14. The smallest absolute Gasteiger partial charge is 0.329 e. The van der Waals surface area contributed by atoms with Crippen molar-refractivity contribution in [1.82, 2.24) is 10.6 Å². The first-order valence-electron chi connectivity index (χ1n) is 5.93. The first kappa shape index (κ1) is 19.6. The number of nitrogens with one attached hydrogen (secondary N) is 2. The molecule has 0 rings (SSSR count). The molecule has 0 spiro atoms. The summed E-state index contributed by atoms with van der Waals surface area (Å²) < 4.78 is 4.57. The first-order valence-corrected chi connectivity index (χ1v) is 8.42. The number of methoxy groups -OCH3 is 1. The van der Waals surface area contributed by atoms with Crippen molar-refractivity contribution in [2.75, 3.05) is 18.6 Å². The molecule has 2 atom stereocenters. The normalized spacial score (nSPS) is 12.9. The van der Waals surface area contributed by atoms with Crippen LogP contribution in [-0.2, 0) is 23.9 Å². The molecule has 0 heterocycles. The van der Waals surface area contributed by atoms with E-state index in [9.17, 15) is 19.2 Å². The van der Waals surface area contributed by atoms with Crippen LogP contribution in [0.2, 0.25) is 0 Å². The number of nitrogens with two attached hydrogens (primary N) is 1. The number of hydrogen-bond acceptors (Lipinski definition) is 7. The second kappa shape index (κ2) is 10.3. The number of rotatable bonds is 9. The number of ether oxygens (including phenoxy) is 1. The molecule has 0 unspecified atom stereocenters. The van der Waals surface area contributed by atoms with Crippen molar-refractivity contribution in [3.05, 3.63) is 0 Å². The van der Waals surface area contributed by atoms with Crippen LogP contribution in [0.3, 0.4) is 0 Å². The predicted octanol–water partition coefficient (Wildman–Crippen LogP) is -0.964. The van der Waals surface area contributed by atoms with Crippen LogP contribution in [-0.4, -0.2) is 54.4 Å². The third kappa shape index (κ3) is 9.19. The molecule has 3 amide bonds. The quantitative estimate of drug-likeness (QED) is 0.281. The average molecular weight is 337 g/mol. The molecule has 0 saturated carbocycles. The van der Waals surface area contributed by atoms with Crippen molar-refractivity contribution in [3.8, 4) is 0 Å². The second-order valence-electron chi connectivity index (χ2n) is 4.00. The fourth-order valence-electron chi connectivity index (χ4n) is 1.23. The van der Waals surface area contributed by atoms with Gasteiger partial charge in [0.05, 0.1) is 7.11 Å². The molecule has 0 fully saturated rings. The summed E-state index contributed by atoms with van der Waals surface area (Å²) in [6.45, 7) is 2.59. The van der Waals surface area contributed by atoms with E-state index in [4.69, 9.17) is 5.73 Å². The highest BCUT2D eigenvalue weighted by molar-refractivity contribution is 8.76. The average Bonchev–Trinajstić information content (AvgIpc) is 2.38. The molecule has 0 aromatic rings. The standard InChI is InChI=1S/C11H19N3O5S2/c1-6(15)13-8(10(12)17)4-20-21-5-9(11(18)19-3)14-7(2)16/h8-9H,4-5H2,1-3H3,(H2,12,17)(H,13,15)(H,14,16)/t8-,9-/m0/s1. The van der Waals surface area contributed by atoms with Gasteiger partial charge in [0.15, 0.2) is 0 Å². The Morgan fingerprint density at radius 1 is 1.00 bits per heavy atom. The van der Waals surface area contributed by atoms with Gasteiger partial charge < -0.3 is 21.1 Å². The minimum atomic E-state index is -0.780. The van der Waals surface area contributed by atoms with Crippen molar-refractivity contribution in [2.45, 2.75) is 25.9 Å². The lowest BCUT2D eigenvalue weighted by Crippen LogP contribution is -2.45. The number of hydrogen-bond donors (Lipinski definition) is 3. The van der Waals surface area contributed by atoms with E-state index in [1.807, 2.05) is 0 Å². The van der Waals surface area contributed by atoms with Gasteiger partial charge in [0.1, 0.15) is 12.1 Å². The van der Waals surface area contributed by atoms with E-state index in [1.54, 1.807) is 0 Å². The van der Waals surface area contributed by atoms with E-state index in [-0.39, 0.29) is 23.3 Å². The van der Waals surface area contributed by atoms with Gasteiger partial charge in [-0.1, -0.05) is 21.6 Å². The van der Waals surface area contributed by atoms with Gasteiger partial charge in [-0.05, 0) is 0 Å². The Morgan fingerprint density at radius 3 is 1.81 bits per heavy atom. The lowest BCUT2D eigenvalue weighted by molar-refractivity contribution is -0.144. The van der Waals surface area contributed by atoms with Crippen LogP contribution in [0.15, 0.2) is 0 Å². The van der Waals surface area contributed by atoms with Gasteiger partial charge in [0.25, 0.3) is 0 Å². The number of carbonyl (C=O) groups excluding carboxylic acids is 4. The molecule has 4 N–H and O–H groups in total. The fraction of sp³-hybridized carbons (Fsp3) is 0.636. The van der Waals surface area contributed by atoms with Crippen molar-refractivity contribution in [3.63, 3.8) is 0 Å². The molecular weight excluding hydrogens is 318 g/mol. The molecule has 0 aromatic heterocycles. The Kier molecular flexibility index (Phi) is 9.63. The van der Waals surface area contributed by atoms with Crippen LogP contribution in [0, 0.1) is 0 Å².